The fourth-order valence-corrected chi connectivity index (χ4v) is 1.94. The molecule has 0 amide bonds. The van der Waals surface area contributed by atoms with Crippen molar-refractivity contribution in [1.82, 2.24) is 4.90 Å². The zero-order chi connectivity index (χ0) is 10.6. The summed E-state index contributed by atoms with van der Waals surface area (Å²) >= 11 is 0. The summed E-state index contributed by atoms with van der Waals surface area (Å²) in [6, 6.07) is 0.913. The van der Waals surface area contributed by atoms with Crippen LogP contribution >= 0.6 is 0 Å². The zero-order valence-electron chi connectivity index (χ0n) is 10.1. The normalized spacial score (nSPS) is 17.8. The van der Waals surface area contributed by atoms with E-state index >= 15 is 0 Å². The standard InChI is InChI=1S/C12H26N2/c1-4-9-14(11-6-7-11)10-5-8-12(2,3)13/h11H,4-10,13H2,1-3H3. The SMILES string of the molecule is CCCN(CCCC(C)(C)N)C1CC1. The van der Waals surface area contributed by atoms with Crippen molar-refractivity contribution in [2.45, 2.75) is 64.5 Å². The number of hydrogen-bond acceptors (Lipinski definition) is 2. The zero-order valence-corrected chi connectivity index (χ0v) is 10.1. The van der Waals surface area contributed by atoms with Crippen LogP contribution < -0.4 is 5.73 Å². The molecular weight excluding hydrogens is 172 g/mol. The molecule has 0 aliphatic heterocycles. The van der Waals surface area contributed by atoms with Crippen molar-refractivity contribution in [3.8, 4) is 0 Å². The molecule has 14 heavy (non-hydrogen) atoms. The lowest BCUT2D eigenvalue weighted by Crippen LogP contribution is -2.34. The predicted octanol–water partition coefficient (Wildman–Crippen LogP) is 2.38. The molecule has 0 radical (unpaired) electrons. The molecule has 1 fully saturated rings. The third-order valence-electron chi connectivity index (χ3n) is 2.84. The Morgan fingerprint density at radius 1 is 1.29 bits per heavy atom. The summed E-state index contributed by atoms with van der Waals surface area (Å²) in [6.07, 6.45) is 6.51. The third kappa shape index (κ3) is 4.97. The van der Waals surface area contributed by atoms with Crippen molar-refractivity contribution in [3.63, 3.8) is 0 Å². The largest absolute Gasteiger partial charge is 0.326 e. The lowest BCUT2D eigenvalue weighted by molar-refractivity contribution is 0.250. The number of nitrogens with two attached hydrogens (primary N) is 1. The molecule has 84 valence electrons. The highest BCUT2D eigenvalue weighted by Crippen LogP contribution is 2.27. The predicted molar refractivity (Wildman–Crippen MR) is 62.4 cm³/mol. The molecule has 2 N–H and O–H groups in total. The van der Waals surface area contributed by atoms with E-state index in [0.717, 1.165) is 12.5 Å². The Bertz CT molecular complexity index is 156. The van der Waals surface area contributed by atoms with E-state index in [2.05, 4.69) is 25.7 Å². The lowest BCUT2D eigenvalue weighted by atomic mass is 10.00. The minimum absolute atomic E-state index is 0.0153. The van der Waals surface area contributed by atoms with Gasteiger partial charge in [-0.05, 0) is 59.0 Å². The van der Waals surface area contributed by atoms with E-state index in [1.54, 1.807) is 0 Å². The van der Waals surface area contributed by atoms with Gasteiger partial charge in [0.05, 0.1) is 0 Å². The van der Waals surface area contributed by atoms with E-state index in [-0.39, 0.29) is 5.54 Å². The van der Waals surface area contributed by atoms with Gasteiger partial charge in [-0.2, -0.15) is 0 Å². The van der Waals surface area contributed by atoms with Gasteiger partial charge in [0.1, 0.15) is 0 Å². The molecular formula is C12H26N2. The molecule has 0 saturated heterocycles. The van der Waals surface area contributed by atoms with E-state index < -0.39 is 0 Å². The van der Waals surface area contributed by atoms with Crippen molar-refractivity contribution in [1.29, 1.82) is 0 Å². The first kappa shape index (κ1) is 12.0. The van der Waals surface area contributed by atoms with Gasteiger partial charge in [-0.3, -0.25) is 0 Å². The Labute approximate surface area is 88.8 Å². The molecule has 2 nitrogen and oxygen atoms in total. The first-order valence-electron chi connectivity index (χ1n) is 6.06. The van der Waals surface area contributed by atoms with Gasteiger partial charge < -0.3 is 10.6 Å². The van der Waals surface area contributed by atoms with Gasteiger partial charge in [0, 0.05) is 11.6 Å². The Balaban J connectivity index is 2.13. The number of nitrogens with zero attached hydrogens (tertiary/aromatic N) is 1. The van der Waals surface area contributed by atoms with Crippen molar-refractivity contribution in [2.24, 2.45) is 5.73 Å². The second-order valence-electron chi connectivity index (χ2n) is 5.36. The maximum atomic E-state index is 5.97. The third-order valence-corrected chi connectivity index (χ3v) is 2.84. The topological polar surface area (TPSA) is 29.3 Å². The van der Waals surface area contributed by atoms with Crippen molar-refractivity contribution in [2.75, 3.05) is 13.1 Å². The maximum absolute atomic E-state index is 5.97. The van der Waals surface area contributed by atoms with Gasteiger partial charge in [0.2, 0.25) is 0 Å². The number of rotatable bonds is 7. The van der Waals surface area contributed by atoms with Crippen molar-refractivity contribution >= 4 is 0 Å². The second kappa shape index (κ2) is 5.13. The highest BCUT2D eigenvalue weighted by Gasteiger charge is 2.27. The van der Waals surface area contributed by atoms with E-state index in [4.69, 9.17) is 5.73 Å². The summed E-state index contributed by atoms with van der Waals surface area (Å²) in [5.41, 5.74) is 5.98. The molecule has 0 atom stereocenters. The smallest absolute Gasteiger partial charge is 0.00975 e. The summed E-state index contributed by atoms with van der Waals surface area (Å²) in [6.45, 7) is 9.03. The quantitative estimate of drug-likeness (QED) is 0.680. The highest BCUT2D eigenvalue weighted by molar-refractivity contribution is 4.84. The molecule has 0 spiro atoms. The first-order valence-corrected chi connectivity index (χ1v) is 6.06. The summed E-state index contributed by atoms with van der Waals surface area (Å²) < 4.78 is 0. The molecule has 0 heterocycles. The Morgan fingerprint density at radius 2 is 1.93 bits per heavy atom. The Morgan fingerprint density at radius 3 is 2.36 bits per heavy atom. The maximum Gasteiger partial charge on any atom is 0.00975 e. The van der Waals surface area contributed by atoms with Crippen LogP contribution in [-0.4, -0.2) is 29.6 Å². The second-order valence-corrected chi connectivity index (χ2v) is 5.36. The van der Waals surface area contributed by atoms with E-state index in [1.807, 2.05) is 0 Å². The van der Waals surface area contributed by atoms with Gasteiger partial charge in [0.15, 0.2) is 0 Å². The van der Waals surface area contributed by atoms with Gasteiger partial charge in [0.25, 0.3) is 0 Å². The van der Waals surface area contributed by atoms with Crippen molar-refractivity contribution < 1.29 is 0 Å². The van der Waals surface area contributed by atoms with E-state index in [9.17, 15) is 0 Å². The van der Waals surface area contributed by atoms with Gasteiger partial charge in [-0.1, -0.05) is 6.92 Å². The van der Waals surface area contributed by atoms with Crippen LogP contribution in [0.4, 0.5) is 0 Å². The lowest BCUT2D eigenvalue weighted by Gasteiger charge is -2.24. The summed E-state index contributed by atoms with van der Waals surface area (Å²) in [5, 5.41) is 0. The Kier molecular flexibility index (Phi) is 4.39. The minimum atomic E-state index is 0.0153. The summed E-state index contributed by atoms with van der Waals surface area (Å²) in [7, 11) is 0. The van der Waals surface area contributed by atoms with Crippen LogP contribution in [0.2, 0.25) is 0 Å². The molecule has 1 rings (SSSR count). The summed E-state index contributed by atoms with van der Waals surface area (Å²) in [4.78, 5) is 2.64. The van der Waals surface area contributed by atoms with E-state index in [1.165, 1.54) is 38.8 Å². The van der Waals surface area contributed by atoms with Crippen LogP contribution in [-0.2, 0) is 0 Å². The van der Waals surface area contributed by atoms with Crippen LogP contribution in [0.25, 0.3) is 0 Å². The highest BCUT2D eigenvalue weighted by atomic mass is 15.2. The Hall–Kier alpha value is -0.0800. The fraction of sp³-hybridized carbons (Fsp3) is 1.00. The molecule has 1 aliphatic carbocycles. The molecule has 0 aromatic rings. The molecule has 0 aromatic carbocycles. The molecule has 2 heteroatoms. The first-order chi connectivity index (χ1) is 6.53. The van der Waals surface area contributed by atoms with Gasteiger partial charge >= 0.3 is 0 Å². The van der Waals surface area contributed by atoms with Crippen LogP contribution in [0, 0.1) is 0 Å². The summed E-state index contributed by atoms with van der Waals surface area (Å²) in [5.74, 6) is 0. The molecule has 0 bridgehead atoms. The monoisotopic (exact) mass is 198 g/mol. The molecule has 1 saturated carbocycles. The van der Waals surface area contributed by atoms with Crippen molar-refractivity contribution in [3.05, 3.63) is 0 Å². The van der Waals surface area contributed by atoms with E-state index in [0.29, 0.717) is 0 Å². The molecule has 1 aliphatic rings. The average Bonchev–Trinajstić information content (AvgIpc) is 2.83. The van der Waals surface area contributed by atoms with Gasteiger partial charge in [-0.15, -0.1) is 0 Å². The average molecular weight is 198 g/mol. The van der Waals surface area contributed by atoms with Crippen LogP contribution in [0.3, 0.4) is 0 Å². The number of hydrogen-bond donors (Lipinski definition) is 1. The molecule has 0 aromatic heterocycles. The van der Waals surface area contributed by atoms with Crippen LogP contribution in [0.15, 0.2) is 0 Å². The van der Waals surface area contributed by atoms with Crippen LogP contribution in [0.5, 0.6) is 0 Å². The minimum Gasteiger partial charge on any atom is -0.326 e. The van der Waals surface area contributed by atoms with Crippen LogP contribution in [0.1, 0.15) is 52.9 Å². The fourth-order valence-electron chi connectivity index (χ4n) is 1.94. The molecule has 0 unspecified atom stereocenters. The van der Waals surface area contributed by atoms with Gasteiger partial charge in [-0.25, -0.2) is 0 Å².